The lowest BCUT2D eigenvalue weighted by molar-refractivity contribution is 0.517. The normalized spacial score (nSPS) is 16.3. The van der Waals surface area contributed by atoms with E-state index in [1.807, 2.05) is 38.1 Å². The third-order valence-electron chi connectivity index (χ3n) is 5.87. The fourth-order valence-electron chi connectivity index (χ4n) is 4.25. The van der Waals surface area contributed by atoms with Gasteiger partial charge < -0.3 is 0 Å². The Hall–Kier alpha value is -2.37. The molecule has 1 unspecified atom stereocenters. The number of rotatable bonds is 5. The summed E-state index contributed by atoms with van der Waals surface area (Å²) in [6.45, 7) is 3.85. The molecule has 0 bridgehead atoms. The van der Waals surface area contributed by atoms with Gasteiger partial charge in [-0.05, 0) is 92.1 Å². The zero-order valence-electron chi connectivity index (χ0n) is 17.6. The van der Waals surface area contributed by atoms with Crippen molar-refractivity contribution in [2.75, 3.05) is 4.31 Å². The Kier molecular flexibility index (Phi) is 6.09. The fourth-order valence-corrected chi connectivity index (χ4v) is 6.25. The average Bonchev–Trinajstić information content (AvgIpc) is 2.72. The number of hydrogen-bond acceptors (Lipinski definition) is 2. The molecule has 0 amide bonds. The maximum absolute atomic E-state index is 14.3. The first-order valence-electron chi connectivity index (χ1n) is 10.4. The molecule has 0 saturated carbocycles. The molecule has 3 aromatic carbocycles. The van der Waals surface area contributed by atoms with Gasteiger partial charge >= 0.3 is 0 Å². The van der Waals surface area contributed by atoms with Crippen LogP contribution in [0.3, 0.4) is 0 Å². The van der Waals surface area contributed by atoms with Crippen LogP contribution in [0.15, 0.2) is 65.6 Å². The number of anilines is 1. The maximum Gasteiger partial charge on any atom is 0.264 e. The highest BCUT2D eigenvalue weighted by atomic mass is 35.5. The number of fused-ring (bicyclic) bond motifs is 1. The van der Waals surface area contributed by atoms with Gasteiger partial charge in [0, 0.05) is 11.1 Å². The van der Waals surface area contributed by atoms with Crippen molar-refractivity contribution in [3.05, 3.63) is 93.8 Å². The molecule has 6 heteroatoms. The van der Waals surface area contributed by atoms with Crippen molar-refractivity contribution in [1.29, 1.82) is 0 Å². The molecule has 0 aromatic heterocycles. The van der Waals surface area contributed by atoms with Crippen molar-refractivity contribution in [2.45, 2.75) is 50.5 Å². The molecule has 0 N–H and O–H groups in total. The first-order chi connectivity index (χ1) is 14.8. The summed E-state index contributed by atoms with van der Waals surface area (Å²) in [5.74, 6) is -0.354. The van der Waals surface area contributed by atoms with Gasteiger partial charge in [-0.2, -0.15) is 0 Å². The van der Waals surface area contributed by atoms with Gasteiger partial charge in [-0.15, -0.1) is 0 Å². The summed E-state index contributed by atoms with van der Waals surface area (Å²) in [7, 11) is -3.77. The van der Waals surface area contributed by atoms with Gasteiger partial charge in [0.25, 0.3) is 10.0 Å². The molecule has 1 aliphatic heterocycles. The first-order valence-corrected chi connectivity index (χ1v) is 12.2. The molecule has 3 aromatic rings. The Morgan fingerprint density at radius 2 is 1.81 bits per heavy atom. The Bertz CT molecular complexity index is 1230. The molecule has 1 aliphatic rings. The van der Waals surface area contributed by atoms with Gasteiger partial charge in [-0.1, -0.05) is 41.9 Å². The van der Waals surface area contributed by atoms with E-state index in [0.717, 1.165) is 28.8 Å². The van der Waals surface area contributed by atoms with Gasteiger partial charge in [0.2, 0.25) is 0 Å². The summed E-state index contributed by atoms with van der Waals surface area (Å²) in [6.07, 6.45) is 2.45. The van der Waals surface area contributed by atoms with E-state index in [-0.39, 0.29) is 16.8 Å². The Balaban J connectivity index is 1.73. The second kappa shape index (κ2) is 8.64. The quantitative estimate of drug-likeness (QED) is 0.454. The zero-order valence-corrected chi connectivity index (χ0v) is 19.2. The third kappa shape index (κ3) is 4.48. The van der Waals surface area contributed by atoms with Crippen LogP contribution in [0.25, 0.3) is 0 Å². The lowest BCUT2D eigenvalue weighted by Gasteiger charge is -2.38. The van der Waals surface area contributed by atoms with Crippen LogP contribution in [0, 0.1) is 19.7 Å². The van der Waals surface area contributed by atoms with E-state index in [1.165, 1.54) is 6.07 Å². The smallest absolute Gasteiger partial charge is 0.263 e. The van der Waals surface area contributed by atoms with Crippen LogP contribution in [-0.2, 0) is 22.9 Å². The first kappa shape index (κ1) is 21.8. The standard InChI is InChI=1S/C25H25ClFNO2S/c1-17-4-3-5-23(14-17)31(29,30)28-22(12-9-19-8-11-21(26)16-24(19)27)13-10-20-7-6-18(2)15-25(20)28/h3-8,11,14-16,22H,9-10,12-13H2,1-2H3. The molecule has 0 saturated heterocycles. The minimum atomic E-state index is -3.77. The summed E-state index contributed by atoms with van der Waals surface area (Å²) in [5, 5.41) is 0.354. The highest BCUT2D eigenvalue weighted by molar-refractivity contribution is 7.92. The van der Waals surface area contributed by atoms with Crippen LogP contribution in [-0.4, -0.2) is 14.5 Å². The van der Waals surface area contributed by atoms with Crippen molar-refractivity contribution in [3.63, 3.8) is 0 Å². The molecule has 0 fully saturated rings. The predicted molar refractivity (Wildman–Crippen MR) is 124 cm³/mol. The van der Waals surface area contributed by atoms with Crippen molar-refractivity contribution >= 4 is 27.3 Å². The largest absolute Gasteiger partial charge is 0.264 e. The maximum atomic E-state index is 14.3. The lowest BCUT2D eigenvalue weighted by atomic mass is 9.93. The SMILES string of the molecule is Cc1cccc(S(=O)(=O)N2c3cc(C)ccc3CCC2CCc2ccc(Cl)cc2F)c1. The van der Waals surface area contributed by atoms with E-state index < -0.39 is 10.0 Å². The van der Waals surface area contributed by atoms with E-state index in [1.54, 1.807) is 34.6 Å². The molecule has 1 heterocycles. The number of halogens is 2. The second-order valence-electron chi connectivity index (χ2n) is 8.22. The fraction of sp³-hybridized carbons (Fsp3) is 0.280. The molecular formula is C25H25ClFNO2S. The number of hydrogen-bond donors (Lipinski definition) is 0. The van der Waals surface area contributed by atoms with Gasteiger partial charge in [0.15, 0.2) is 0 Å². The van der Waals surface area contributed by atoms with Crippen LogP contribution in [0.4, 0.5) is 10.1 Å². The molecule has 1 atom stereocenters. The monoisotopic (exact) mass is 457 g/mol. The second-order valence-corrected chi connectivity index (χ2v) is 10.5. The van der Waals surface area contributed by atoms with Gasteiger partial charge in [0.1, 0.15) is 5.82 Å². The minimum Gasteiger partial charge on any atom is -0.263 e. The van der Waals surface area contributed by atoms with E-state index in [4.69, 9.17) is 11.6 Å². The molecular weight excluding hydrogens is 433 g/mol. The van der Waals surface area contributed by atoms with E-state index in [9.17, 15) is 12.8 Å². The van der Waals surface area contributed by atoms with Crippen LogP contribution in [0.2, 0.25) is 5.02 Å². The molecule has 31 heavy (non-hydrogen) atoms. The molecule has 0 aliphatic carbocycles. The van der Waals surface area contributed by atoms with Gasteiger partial charge in [-0.3, -0.25) is 4.31 Å². The molecule has 3 nitrogen and oxygen atoms in total. The van der Waals surface area contributed by atoms with E-state index in [2.05, 4.69) is 0 Å². The van der Waals surface area contributed by atoms with Crippen molar-refractivity contribution < 1.29 is 12.8 Å². The summed E-state index contributed by atoms with van der Waals surface area (Å²) < 4.78 is 43.5. The lowest BCUT2D eigenvalue weighted by Crippen LogP contribution is -2.44. The zero-order chi connectivity index (χ0) is 22.2. The van der Waals surface area contributed by atoms with Crippen molar-refractivity contribution in [3.8, 4) is 0 Å². The van der Waals surface area contributed by atoms with E-state index in [0.29, 0.717) is 29.8 Å². The number of nitrogens with zero attached hydrogens (tertiary/aromatic N) is 1. The highest BCUT2D eigenvalue weighted by Gasteiger charge is 2.36. The highest BCUT2D eigenvalue weighted by Crippen LogP contribution is 2.38. The average molecular weight is 458 g/mol. The van der Waals surface area contributed by atoms with Crippen LogP contribution < -0.4 is 4.31 Å². The molecule has 4 rings (SSSR count). The number of benzene rings is 3. The molecule has 162 valence electrons. The number of aryl methyl sites for hydroxylation is 4. The van der Waals surface area contributed by atoms with Crippen molar-refractivity contribution in [1.82, 2.24) is 0 Å². The van der Waals surface area contributed by atoms with E-state index >= 15 is 0 Å². The van der Waals surface area contributed by atoms with Gasteiger partial charge in [0.05, 0.1) is 10.6 Å². The Morgan fingerprint density at radius 3 is 2.55 bits per heavy atom. The Morgan fingerprint density at radius 1 is 1.03 bits per heavy atom. The summed E-state index contributed by atoms with van der Waals surface area (Å²) in [5.41, 5.74) is 4.20. The minimum absolute atomic E-state index is 0.255. The summed E-state index contributed by atoms with van der Waals surface area (Å²) in [4.78, 5) is 0.282. The van der Waals surface area contributed by atoms with Crippen LogP contribution in [0.5, 0.6) is 0 Å². The van der Waals surface area contributed by atoms with Crippen molar-refractivity contribution in [2.24, 2.45) is 0 Å². The summed E-state index contributed by atoms with van der Waals surface area (Å²) in [6, 6.07) is 17.4. The Labute approximate surface area is 188 Å². The third-order valence-corrected chi connectivity index (χ3v) is 7.96. The molecule has 0 spiro atoms. The topological polar surface area (TPSA) is 37.4 Å². The van der Waals surface area contributed by atoms with Crippen LogP contribution in [0.1, 0.15) is 35.1 Å². The van der Waals surface area contributed by atoms with Crippen LogP contribution >= 0.6 is 11.6 Å². The summed E-state index contributed by atoms with van der Waals surface area (Å²) >= 11 is 5.87. The van der Waals surface area contributed by atoms with Gasteiger partial charge in [-0.25, -0.2) is 12.8 Å². The molecule has 0 radical (unpaired) electrons. The predicted octanol–water partition coefficient (Wildman–Crippen LogP) is 6.24. The number of sulfonamides is 1.